The van der Waals surface area contributed by atoms with Gasteiger partial charge in [0.25, 0.3) is 0 Å². The van der Waals surface area contributed by atoms with Crippen LogP contribution in [0.3, 0.4) is 0 Å². The molecule has 2 aromatic carbocycles. The molecule has 0 radical (unpaired) electrons. The Morgan fingerprint density at radius 3 is 2.42 bits per heavy atom. The molecule has 6 nitrogen and oxygen atoms in total. The molecule has 24 heavy (non-hydrogen) atoms. The molecule has 0 aliphatic rings. The zero-order valence-electron chi connectivity index (χ0n) is 13.2. The van der Waals surface area contributed by atoms with Crippen LogP contribution in [0.25, 0.3) is 0 Å². The van der Waals surface area contributed by atoms with Crippen LogP contribution in [0.5, 0.6) is 23.0 Å². The highest BCUT2D eigenvalue weighted by Gasteiger charge is 2.15. The fraction of sp³-hybridized carbons (Fsp3) is 0.235. The van der Waals surface area contributed by atoms with Crippen LogP contribution in [0.2, 0.25) is 5.02 Å². The van der Waals surface area contributed by atoms with Gasteiger partial charge in [-0.15, -0.1) is 0 Å². The minimum Gasteiger partial charge on any atom is -0.497 e. The average Bonchev–Trinajstić information content (AvgIpc) is 2.59. The van der Waals surface area contributed by atoms with Gasteiger partial charge in [-0.3, -0.25) is 0 Å². The van der Waals surface area contributed by atoms with Crippen LogP contribution < -0.4 is 18.9 Å². The van der Waals surface area contributed by atoms with E-state index in [1.807, 2.05) is 12.1 Å². The Morgan fingerprint density at radius 2 is 1.75 bits per heavy atom. The maximum atomic E-state index is 11.0. The second-order valence-electron chi connectivity index (χ2n) is 4.67. The zero-order chi connectivity index (χ0) is 17.5. The van der Waals surface area contributed by atoms with Crippen LogP contribution in [0.15, 0.2) is 36.4 Å². The Balaban J connectivity index is 1.97. The van der Waals surface area contributed by atoms with E-state index in [4.69, 9.17) is 35.7 Å². The Labute approximate surface area is 144 Å². The maximum absolute atomic E-state index is 11.0. The summed E-state index contributed by atoms with van der Waals surface area (Å²) in [6, 6.07) is 9.86. The molecular formula is C17H17ClO6. The van der Waals surface area contributed by atoms with Crippen molar-refractivity contribution in [3.63, 3.8) is 0 Å². The summed E-state index contributed by atoms with van der Waals surface area (Å²) < 4.78 is 21.4. The Hall–Kier alpha value is -2.60. The molecule has 0 aromatic heterocycles. The van der Waals surface area contributed by atoms with E-state index in [9.17, 15) is 4.79 Å². The third-order valence-corrected chi connectivity index (χ3v) is 3.40. The van der Waals surface area contributed by atoms with Crippen molar-refractivity contribution in [1.82, 2.24) is 0 Å². The van der Waals surface area contributed by atoms with Crippen molar-refractivity contribution in [3.8, 4) is 23.0 Å². The first-order valence-electron chi connectivity index (χ1n) is 7.05. The Morgan fingerprint density at radius 1 is 1.04 bits per heavy atom. The quantitative estimate of drug-likeness (QED) is 0.733. The number of halogens is 1. The number of ether oxygens (including phenoxy) is 4. The van der Waals surface area contributed by atoms with Gasteiger partial charge in [-0.1, -0.05) is 17.7 Å². The third-order valence-electron chi connectivity index (χ3n) is 3.12. The fourth-order valence-electron chi connectivity index (χ4n) is 1.98. The first-order chi connectivity index (χ1) is 11.5. The van der Waals surface area contributed by atoms with Crippen LogP contribution in [-0.4, -0.2) is 38.5 Å². The summed E-state index contributed by atoms with van der Waals surface area (Å²) in [5, 5.41) is 9.18. The molecule has 0 saturated carbocycles. The van der Waals surface area contributed by atoms with E-state index < -0.39 is 5.97 Å². The highest BCUT2D eigenvalue weighted by molar-refractivity contribution is 6.32. The van der Waals surface area contributed by atoms with Crippen molar-refractivity contribution in [2.24, 2.45) is 0 Å². The highest BCUT2D eigenvalue weighted by atomic mass is 35.5. The fourth-order valence-corrected chi connectivity index (χ4v) is 2.24. The van der Waals surface area contributed by atoms with Gasteiger partial charge in [0, 0.05) is 6.07 Å². The van der Waals surface area contributed by atoms with Crippen LogP contribution in [0.4, 0.5) is 0 Å². The summed E-state index contributed by atoms with van der Waals surface area (Å²) in [7, 11) is 2.99. The monoisotopic (exact) mass is 352 g/mol. The van der Waals surface area contributed by atoms with Gasteiger partial charge >= 0.3 is 5.97 Å². The predicted molar refractivity (Wildman–Crippen MR) is 88.9 cm³/mol. The first kappa shape index (κ1) is 17.7. The van der Waals surface area contributed by atoms with Gasteiger partial charge in [-0.05, 0) is 24.3 Å². The minimum absolute atomic E-state index is 0.0248. The molecular weight excluding hydrogens is 336 g/mol. The van der Waals surface area contributed by atoms with Crippen molar-refractivity contribution in [2.45, 2.75) is 0 Å². The molecule has 0 amide bonds. The number of carbonyl (C=O) groups is 1. The number of aromatic carboxylic acids is 1. The first-order valence-corrected chi connectivity index (χ1v) is 7.43. The van der Waals surface area contributed by atoms with E-state index in [0.29, 0.717) is 11.5 Å². The molecule has 2 aromatic rings. The lowest BCUT2D eigenvalue weighted by Gasteiger charge is -2.14. The van der Waals surface area contributed by atoms with Crippen molar-refractivity contribution < 1.29 is 28.8 Å². The summed E-state index contributed by atoms with van der Waals surface area (Å²) in [5.41, 5.74) is 0.0248. The normalized spacial score (nSPS) is 10.1. The highest BCUT2D eigenvalue weighted by Crippen LogP contribution is 2.36. The molecule has 1 N–H and O–H groups in total. The van der Waals surface area contributed by atoms with Gasteiger partial charge in [0.2, 0.25) is 0 Å². The van der Waals surface area contributed by atoms with Crippen molar-refractivity contribution in [2.75, 3.05) is 27.4 Å². The molecule has 0 heterocycles. The van der Waals surface area contributed by atoms with Gasteiger partial charge < -0.3 is 24.1 Å². The number of carboxylic acids is 1. The topological polar surface area (TPSA) is 74.2 Å². The predicted octanol–water partition coefficient (Wildman–Crippen LogP) is 3.51. The molecule has 128 valence electrons. The largest absolute Gasteiger partial charge is 0.497 e. The third kappa shape index (κ3) is 4.45. The second kappa shape index (κ2) is 8.31. The number of carboxylic acid groups (broad SMARTS) is 1. The minimum atomic E-state index is -1.09. The number of benzene rings is 2. The summed E-state index contributed by atoms with van der Waals surface area (Å²) in [4.78, 5) is 11.0. The average molecular weight is 353 g/mol. The molecule has 7 heteroatoms. The Kier molecular flexibility index (Phi) is 6.14. The molecule has 0 atom stereocenters. The lowest BCUT2D eigenvalue weighted by Crippen LogP contribution is -2.10. The van der Waals surface area contributed by atoms with Crippen molar-refractivity contribution in [1.29, 1.82) is 0 Å². The van der Waals surface area contributed by atoms with Crippen LogP contribution in [0, 0.1) is 0 Å². The standard InChI is InChI=1S/C17H17ClO6/c1-21-12-4-3-5-13(10-12)23-6-7-24-16-14(18)8-11(17(19)20)9-15(16)22-2/h3-5,8-10H,6-7H2,1-2H3,(H,19,20). The van der Waals surface area contributed by atoms with E-state index in [1.54, 1.807) is 19.2 Å². The van der Waals surface area contributed by atoms with Gasteiger partial charge in [0.15, 0.2) is 11.5 Å². The zero-order valence-corrected chi connectivity index (χ0v) is 14.0. The molecule has 0 aliphatic carbocycles. The molecule has 0 bridgehead atoms. The number of rotatable bonds is 8. The molecule has 0 spiro atoms. The second-order valence-corrected chi connectivity index (χ2v) is 5.08. The molecule has 0 fully saturated rings. The van der Waals surface area contributed by atoms with Gasteiger partial charge in [0.05, 0.1) is 24.8 Å². The summed E-state index contributed by atoms with van der Waals surface area (Å²) >= 11 is 6.07. The Bertz CT molecular complexity index is 716. The number of hydrogen-bond acceptors (Lipinski definition) is 5. The van der Waals surface area contributed by atoms with Crippen LogP contribution in [0.1, 0.15) is 10.4 Å². The molecule has 0 saturated heterocycles. The smallest absolute Gasteiger partial charge is 0.335 e. The van der Waals surface area contributed by atoms with E-state index in [2.05, 4.69) is 0 Å². The molecule has 0 unspecified atom stereocenters. The summed E-state index contributed by atoms with van der Waals surface area (Å²) in [6.07, 6.45) is 0. The lowest BCUT2D eigenvalue weighted by atomic mass is 10.2. The van der Waals surface area contributed by atoms with Crippen molar-refractivity contribution >= 4 is 17.6 Å². The lowest BCUT2D eigenvalue weighted by molar-refractivity contribution is 0.0696. The number of hydrogen-bond donors (Lipinski definition) is 1. The molecule has 2 rings (SSSR count). The van der Waals surface area contributed by atoms with Gasteiger partial charge in [0.1, 0.15) is 24.7 Å². The van der Waals surface area contributed by atoms with Crippen molar-refractivity contribution in [3.05, 3.63) is 47.0 Å². The van der Waals surface area contributed by atoms with E-state index >= 15 is 0 Å². The molecule has 0 aliphatic heterocycles. The van der Waals surface area contributed by atoms with E-state index in [-0.39, 0.29) is 35.3 Å². The number of methoxy groups -OCH3 is 2. The van der Waals surface area contributed by atoms with Gasteiger partial charge in [-0.25, -0.2) is 4.79 Å². The van der Waals surface area contributed by atoms with E-state index in [0.717, 1.165) is 0 Å². The van der Waals surface area contributed by atoms with Gasteiger partial charge in [-0.2, -0.15) is 0 Å². The van der Waals surface area contributed by atoms with E-state index in [1.165, 1.54) is 19.2 Å². The summed E-state index contributed by atoms with van der Waals surface area (Å²) in [6.45, 7) is 0.479. The van der Waals surface area contributed by atoms with Crippen LogP contribution in [-0.2, 0) is 0 Å². The summed E-state index contributed by atoms with van der Waals surface area (Å²) in [5.74, 6) is 0.780. The maximum Gasteiger partial charge on any atom is 0.335 e. The SMILES string of the molecule is COc1cccc(OCCOc2c(Cl)cc(C(=O)O)cc2OC)c1. The van der Waals surface area contributed by atoms with Crippen LogP contribution >= 0.6 is 11.6 Å².